The summed E-state index contributed by atoms with van der Waals surface area (Å²) in [6.45, 7) is 7.16. The number of rotatable bonds is 7. The van der Waals surface area contributed by atoms with Gasteiger partial charge in [-0.3, -0.25) is 14.5 Å². The molecule has 0 spiro atoms. The lowest BCUT2D eigenvalue weighted by Gasteiger charge is -2.28. The Morgan fingerprint density at radius 3 is 2.32 bits per heavy atom. The van der Waals surface area contributed by atoms with E-state index in [2.05, 4.69) is 36.9 Å². The van der Waals surface area contributed by atoms with Gasteiger partial charge >= 0.3 is 0 Å². The van der Waals surface area contributed by atoms with Gasteiger partial charge in [0, 0.05) is 42.1 Å². The lowest BCUT2D eigenvalue weighted by Crippen LogP contribution is -2.39. The van der Waals surface area contributed by atoms with Crippen molar-refractivity contribution in [2.75, 3.05) is 29.9 Å². The normalized spacial score (nSPS) is 10.3. The second kappa shape index (κ2) is 9.61. The van der Waals surface area contributed by atoms with Crippen LogP contribution in [0.4, 0.5) is 11.4 Å². The molecule has 2 aromatic carbocycles. The maximum atomic E-state index is 13.2. The van der Waals surface area contributed by atoms with Crippen molar-refractivity contribution in [3.05, 3.63) is 59.7 Å². The van der Waals surface area contributed by atoms with E-state index in [4.69, 9.17) is 6.42 Å². The van der Waals surface area contributed by atoms with Gasteiger partial charge in [0.15, 0.2) is 0 Å². The molecule has 0 aliphatic rings. The summed E-state index contributed by atoms with van der Waals surface area (Å²) in [6, 6.07) is 14.9. The number of nitrogens with one attached hydrogen (secondary N) is 1. The molecule has 0 unspecified atom stereocenters. The highest BCUT2D eigenvalue weighted by atomic mass is 16.2. The smallest absolute Gasteiger partial charge is 0.258 e. The summed E-state index contributed by atoms with van der Waals surface area (Å²) in [5.74, 6) is 2.05. The zero-order chi connectivity index (χ0) is 20.7. The highest BCUT2D eigenvalue weighted by Crippen LogP contribution is 2.22. The van der Waals surface area contributed by atoms with Crippen molar-refractivity contribution in [1.82, 2.24) is 5.32 Å². The van der Waals surface area contributed by atoms with Gasteiger partial charge in [-0.05, 0) is 63.2 Å². The molecule has 0 aliphatic heterocycles. The topological polar surface area (TPSA) is 52.7 Å². The van der Waals surface area contributed by atoms with E-state index < -0.39 is 0 Å². The molecule has 0 saturated heterocycles. The number of amides is 2. The molecule has 0 radical (unpaired) electrons. The van der Waals surface area contributed by atoms with Crippen LogP contribution in [-0.2, 0) is 4.79 Å². The molecule has 0 saturated carbocycles. The maximum absolute atomic E-state index is 13.2. The number of carbonyl (C=O) groups is 2. The minimum absolute atomic E-state index is 0.0851. The minimum Gasteiger partial charge on any atom is -0.369 e. The molecular formula is C23H27N3O2. The predicted octanol–water partition coefficient (Wildman–Crippen LogP) is 3.30. The summed E-state index contributed by atoms with van der Waals surface area (Å²) in [4.78, 5) is 28.8. The van der Waals surface area contributed by atoms with Gasteiger partial charge < -0.3 is 10.2 Å². The maximum Gasteiger partial charge on any atom is 0.258 e. The van der Waals surface area contributed by atoms with Crippen LogP contribution in [0.2, 0.25) is 0 Å². The molecule has 28 heavy (non-hydrogen) atoms. The van der Waals surface area contributed by atoms with Crippen LogP contribution < -0.4 is 15.1 Å². The summed E-state index contributed by atoms with van der Waals surface area (Å²) in [5, 5.41) is 2.56. The number of benzene rings is 2. The second-order valence-electron chi connectivity index (χ2n) is 6.69. The summed E-state index contributed by atoms with van der Waals surface area (Å²) in [6.07, 6.45) is 5.48. The predicted molar refractivity (Wildman–Crippen MR) is 115 cm³/mol. The Bertz CT molecular complexity index is 866. The van der Waals surface area contributed by atoms with Crippen molar-refractivity contribution >= 4 is 23.2 Å². The SMILES string of the molecule is C#Cc1cccc(N(CC(=O)NC)C(=O)c2ccc(N(CC)C(C)C)cc2)c1. The highest BCUT2D eigenvalue weighted by Gasteiger charge is 2.21. The molecule has 0 bridgehead atoms. The first-order valence-electron chi connectivity index (χ1n) is 9.37. The summed E-state index contributed by atoms with van der Waals surface area (Å²) < 4.78 is 0. The van der Waals surface area contributed by atoms with Crippen molar-refractivity contribution in [2.24, 2.45) is 0 Å². The Labute approximate surface area is 167 Å². The number of carbonyl (C=O) groups excluding carboxylic acids is 2. The number of terminal acetylenes is 1. The van der Waals surface area contributed by atoms with Gasteiger partial charge in [0.25, 0.3) is 5.91 Å². The van der Waals surface area contributed by atoms with Gasteiger partial charge in [0.05, 0.1) is 0 Å². The molecule has 0 fully saturated rings. The fraction of sp³-hybridized carbons (Fsp3) is 0.304. The van der Waals surface area contributed by atoms with E-state index in [1.807, 2.05) is 12.1 Å². The van der Waals surface area contributed by atoms with E-state index in [1.165, 1.54) is 4.90 Å². The fourth-order valence-electron chi connectivity index (χ4n) is 3.06. The zero-order valence-electron chi connectivity index (χ0n) is 16.9. The van der Waals surface area contributed by atoms with Crippen LogP contribution in [0.3, 0.4) is 0 Å². The van der Waals surface area contributed by atoms with Gasteiger partial charge in [0.2, 0.25) is 5.91 Å². The third-order valence-electron chi connectivity index (χ3n) is 4.56. The van der Waals surface area contributed by atoms with Crippen LogP contribution in [0, 0.1) is 12.3 Å². The molecule has 2 amide bonds. The lowest BCUT2D eigenvalue weighted by atomic mass is 10.1. The minimum atomic E-state index is -0.256. The molecule has 0 atom stereocenters. The number of anilines is 2. The van der Waals surface area contributed by atoms with Gasteiger partial charge in [-0.15, -0.1) is 6.42 Å². The summed E-state index contributed by atoms with van der Waals surface area (Å²) in [7, 11) is 1.54. The Morgan fingerprint density at radius 2 is 1.79 bits per heavy atom. The van der Waals surface area contributed by atoms with Crippen molar-refractivity contribution in [2.45, 2.75) is 26.8 Å². The first-order valence-corrected chi connectivity index (χ1v) is 9.37. The monoisotopic (exact) mass is 377 g/mol. The fourth-order valence-corrected chi connectivity index (χ4v) is 3.06. The van der Waals surface area contributed by atoms with Gasteiger partial charge in [-0.1, -0.05) is 12.0 Å². The lowest BCUT2D eigenvalue weighted by molar-refractivity contribution is -0.119. The molecule has 1 N–H and O–H groups in total. The van der Waals surface area contributed by atoms with E-state index in [-0.39, 0.29) is 18.4 Å². The van der Waals surface area contributed by atoms with Crippen LogP contribution in [0.5, 0.6) is 0 Å². The van der Waals surface area contributed by atoms with Crippen LogP contribution >= 0.6 is 0 Å². The van der Waals surface area contributed by atoms with Crippen molar-refractivity contribution < 1.29 is 9.59 Å². The molecule has 5 nitrogen and oxygen atoms in total. The number of hydrogen-bond donors (Lipinski definition) is 1. The Kier molecular flexibility index (Phi) is 7.22. The van der Waals surface area contributed by atoms with E-state index in [1.54, 1.807) is 43.4 Å². The largest absolute Gasteiger partial charge is 0.369 e. The second-order valence-corrected chi connectivity index (χ2v) is 6.69. The molecule has 0 heterocycles. The molecule has 5 heteroatoms. The van der Waals surface area contributed by atoms with Crippen LogP contribution in [-0.4, -0.2) is 38.0 Å². The van der Waals surface area contributed by atoms with Crippen LogP contribution in [0.1, 0.15) is 36.7 Å². The average Bonchev–Trinajstić information content (AvgIpc) is 2.72. The molecule has 0 aliphatic carbocycles. The van der Waals surface area contributed by atoms with E-state index >= 15 is 0 Å². The quantitative estimate of drug-likeness (QED) is 0.754. The standard InChI is InChI=1S/C23H27N3O2/c1-6-18-9-8-10-21(15-18)26(16-22(27)24-5)23(28)19-11-13-20(14-12-19)25(7-2)17(3)4/h1,8-15,17H,7,16H2,2-5H3,(H,24,27). The molecule has 146 valence electrons. The first kappa shape index (κ1) is 21.0. The third kappa shape index (κ3) is 4.92. The molecule has 2 aromatic rings. The van der Waals surface area contributed by atoms with Gasteiger partial charge in [-0.2, -0.15) is 0 Å². The molecule has 0 aromatic heterocycles. The number of likely N-dealkylation sites (N-methyl/N-ethyl adjacent to an activating group) is 1. The first-order chi connectivity index (χ1) is 13.4. The van der Waals surface area contributed by atoms with E-state index in [9.17, 15) is 9.59 Å². The summed E-state index contributed by atoms with van der Waals surface area (Å²) in [5.41, 5.74) is 2.81. The van der Waals surface area contributed by atoms with Gasteiger partial charge in [0.1, 0.15) is 6.54 Å². The highest BCUT2D eigenvalue weighted by molar-refractivity contribution is 6.08. The molecule has 2 rings (SSSR count). The Hall–Kier alpha value is -3.26. The van der Waals surface area contributed by atoms with Crippen LogP contribution in [0.25, 0.3) is 0 Å². The van der Waals surface area contributed by atoms with Crippen molar-refractivity contribution in [3.8, 4) is 12.3 Å². The van der Waals surface area contributed by atoms with Gasteiger partial charge in [-0.25, -0.2) is 0 Å². The average molecular weight is 377 g/mol. The van der Waals surface area contributed by atoms with Crippen molar-refractivity contribution in [3.63, 3.8) is 0 Å². The number of nitrogens with zero attached hydrogens (tertiary/aromatic N) is 2. The zero-order valence-corrected chi connectivity index (χ0v) is 16.9. The van der Waals surface area contributed by atoms with Crippen LogP contribution in [0.15, 0.2) is 48.5 Å². The third-order valence-corrected chi connectivity index (χ3v) is 4.56. The van der Waals surface area contributed by atoms with E-state index in [0.29, 0.717) is 22.9 Å². The van der Waals surface area contributed by atoms with E-state index in [0.717, 1.165) is 12.2 Å². The number of hydrogen-bond acceptors (Lipinski definition) is 3. The summed E-state index contributed by atoms with van der Waals surface area (Å²) >= 11 is 0. The Morgan fingerprint density at radius 1 is 1.11 bits per heavy atom. The Balaban J connectivity index is 2.36. The van der Waals surface area contributed by atoms with Crippen molar-refractivity contribution in [1.29, 1.82) is 0 Å². The molecular weight excluding hydrogens is 350 g/mol.